The van der Waals surface area contributed by atoms with Crippen molar-refractivity contribution >= 4 is 21.6 Å². The minimum Gasteiger partial charge on any atom is -0.395 e. The topological polar surface area (TPSA) is 35.5 Å². The summed E-state index contributed by atoms with van der Waals surface area (Å²) in [4.78, 5) is 2.20. The molecule has 0 heterocycles. The first-order valence-corrected chi connectivity index (χ1v) is 6.81. The van der Waals surface area contributed by atoms with Crippen molar-refractivity contribution in [3.05, 3.63) is 28.2 Å². The van der Waals surface area contributed by atoms with Crippen molar-refractivity contribution < 1.29 is 5.11 Å². The highest BCUT2D eigenvalue weighted by Gasteiger charge is 2.07. The van der Waals surface area contributed by atoms with Crippen molar-refractivity contribution in [3.8, 4) is 0 Å². The van der Waals surface area contributed by atoms with Crippen molar-refractivity contribution in [1.29, 1.82) is 0 Å². The highest BCUT2D eigenvalue weighted by atomic mass is 79.9. The molecule has 0 aliphatic heterocycles. The Morgan fingerprint density at radius 2 is 2.12 bits per heavy atom. The molecule has 2 N–H and O–H groups in total. The van der Waals surface area contributed by atoms with Gasteiger partial charge < -0.3 is 15.3 Å². The number of aliphatic hydroxyl groups is 1. The molecule has 0 aliphatic carbocycles. The molecule has 0 radical (unpaired) electrons. The van der Waals surface area contributed by atoms with E-state index >= 15 is 0 Å². The fraction of sp³-hybridized carbons (Fsp3) is 0.538. The highest BCUT2D eigenvalue weighted by molar-refractivity contribution is 9.10. The summed E-state index contributed by atoms with van der Waals surface area (Å²) in [6.45, 7) is 4.85. The van der Waals surface area contributed by atoms with E-state index in [1.807, 2.05) is 7.05 Å². The number of nitrogens with zero attached hydrogens (tertiary/aromatic N) is 1. The van der Waals surface area contributed by atoms with Gasteiger partial charge in [0.2, 0.25) is 0 Å². The van der Waals surface area contributed by atoms with Gasteiger partial charge in [0.25, 0.3) is 0 Å². The van der Waals surface area contributed by atoms with E-state index in [1.54, 1.807) is 0 Å². The summed E-state index contributed by atoms with van der Waals surface area (Å²) in [6, 6.07) is 6.36. The summed E-state index contributed by atoms with van der Waals surface area (Å²) < 4.78 is 1.11. The summed E-state index contributed by atoms with van der Waals surface area (Å²) >= 11 is 3.59. The first-order valence-electron chi connectivity index (χ1n) is 6.01. The molecule has 17 heavy (non-hydrogen) atoms. The zero-order valence-corrected chi connectivity index (χ0v) is 12.1. The molecule has 0 spiro atoms. The smallest absolute Gasteiger partial charge is 0.0606 e. The molecular formula is C13H21BrN2O. The number of benzene rings is 1. The van der Waals surface area contributed by atoms with Crippen LogP contribution in [0.1, 0.15) is 18.9 Å². The van der Waals surface area contributed by atoms with Crippen LogP contribution in [-0.4, -0.2) is 31.9 Å². The number of aliphatic hydroxyl groups excluding tert-OH is 1. The summed E-state index contributed by atoms with van der Waals surface area (Å²) in [5, 5.41) is 12.2. The monoisotopic (exact) mass is 300 g/mol. The van der Waals surface area contributed by atoms with Crippen LogP contribution in [0.4, 0.5) is 5.69 Å². The van der Waals surface area contributed by atoms with Crippen molar-refractivity contribution in [2.75, 3.05) is 31.6 Å². The molecule has 0 amide bonds. The average molecular weight is 301 g/mol. The van der Waals surface area contributed by atoms with Crippen molar-refractivity contribution in [1.82, 2.24) is 5.32 Å². The van der Waals surface area contributed by atoms with Crippen molar-refractivity contribution in [2.45, 2.75) is 19.9 Å². The van der Waals surface area contributed by atoms with Gasteiger partial charge in [0.15, 0.2) is 0 Å². The van der Waals surface area contributed by atoms with Gasteiger partial charge in [-0.15, -0.1) is 0 Å². The molecule has 1 aromatic carbocycles. The van der Waals surface area contributed by atoms with Gasteiger partial charge in [0, 0.05) is 29.8 Å². The molecule has 0 saturated heterocycles. The van der Waals surface area contributed by atoms with Gasteiger partial charge in [-0.25, -0.2) is 0 Å². The first-order chi connectivity index (χ1) is 8.22. The van der Waals surface area contributed by atoms with Crippen LogP contribution in [0.2, 0.25) is 0 Å². The number of nitrogens with one attached hydrogen (secondary N) is 1. The molecule has 4 heteroatoms. The average Bonchev–Trinajstić information content (AvgIpc) is 2.32. The fourth-order valence-electron chi connectivity index (χ4n) is 1.83. The normalized spacial score (nSPS) is 10.6. The first kappa shape index (κ1) is 14.5. The van der Waals surface area contributed by atoms with Crippen LogP contribution in [0.25, 0.3) is 0 Å². The van der Waals surface area contributed by atoms with Crippen LogP contribution >= 0.6 is 15.9 Å². The Balaban J connectivity index is 2.85. The lowest BCUT2D eigenvalue weighted by Crippen LogP contribution is -2.27. The third kappa shape index (κ3) is 4.30. The van der Waals surface area contributed by atoms with Gasteiger partial charge in [0.05, 0.1) is 6.61 Å². The van der Waals surface area contributed by atoms with E-state index in [9.17, 15) is 0 Å². The summed E-state index contributed by atoms with van der Waals surface area (Å²) in [5.74, 6) is 0. The second-order valence-corrected chi connectivity index (χ2v) is 4.87. The third-order valence-electron chi connectivity index (χ3n) is 2.63. The number of anilines is 1. The molecule has 96 valence electrons. The summed E-state index contributed by atoms with van der Waals surface area (Å²) in [6.07, 6.45) is 1.08. The zero-order chi connectivity index (χ0) is 12.7. The highest BCUT2D eigenvalue weighted by Crippen LogP contribution is 2.24. The second-order valence-electron chi connectivity index (χ2n) is 4.02. The third-order valence-corrected chi connectivity index (χ3v) is 3.37. The zero-order valence-electron chi connectivity index (χ0n) is 10.5. The summed E-state index contributed by atoms with van der Waals surface area (Å²) in [7, 11) is 1.94. The van der Waals surface area contributed by atoms with Gasteiger partial charge in [-0.2, -0.15) is 0 Å². The lowest BCUT2D eigenvalue weighted by Gasteiger charge is -2.24. The maximum atomic E-state index is 9.07. The molecule has 1 rings (SSSR count). The minimum atomic E-state index is 0.190. The van der Waals surface area contributed by atoms with Gasteiger partial charge in [0.1, 0.15) is 0 Å². The standard InChI is InChI=1S/C13H21BrN2O/c1-3-6-16(7-8-17)12-5-4-11(10-15-2)13(14)9-12/h4-5,9,15,17H,3,6-8,10H2,1-2H3. The minimum absolute atomic E-state index is 0.190. The van der Waals surface area contributed by atoms with Crippen molar-refractivity contribution in [2.24, 2.45) is 0 Å². The number of rotatable bonds is 7. The van der Waals surface area contributed by atoms with Crippen LogP contribution in [0.3, 0.4) is 0 Å². The van der Waals surface area contributed by atoms with Crippen LogP contribution in [0, 0.1) is 0 Å². The molecule has 0 aliphatic rings. The lowest BCUT2D eigenvalue weighted by atomic mass is 10.2. The van der Waals surface area contributed by atoms with Gasteiger partial charge in [-0.05, 0) is 31.2 Å². The van der Waals surface area contributed by atoms with Crippen LogP contribution < -0.4 is 10.2 Å². The molecular weight excluding hydrogens is 280 g/mol. The molecule has 1 aromatic rings. The van der Waals surface area contributed by atoms with Gasteiger partial charge >= 0.3 is 0 Å². The van der Waals surface area contributed by atoms with Gasteiger partial charge in [-0.3, -0.25) is 0 Å². The largest absolute Gasteiger partial charge is 0.395 e. The Labute approximate surface area is 112 Å². The maximum Gasteiger partial charge on any atom is 0.0606 e. The quantitative estimate of drug-likeness (QED) is 0.811. The maximum absolute atomic E-state index is 9.07. The van der Waals surface area contributed by atoms with Crippen LogP contribution in [0.5, 0.6) is 0 Å². The fourth-order valence-corrected chi connectivity index (χ4v) is 2.33. The van der Waals surface area contributed by atoms with E-state index in [2.05, 4.69) is 51.3 Å². The Kier molecular flexibility index (Phi) is 6.55. The van der Waals surface area contributed by atoms with Crippen LogP contribution in [0.15, 0.2) is 22.7 Å². The Bertz CT molecular complexity index is 338. The molecule has 0 saturated carbocycles. The number of hydrogen-bond donors (Lipinski definition) is 2. The molecule has 0 fully saturated rings. The molecule has 3 nitrogen and oxygen atoms in total. The number of hydrogen-bond acceptors (Lipinski definition) is 3. The molecule has 0 bridgehead atoms. The Hall–Kier alpha value is -0.580. The van der Waals surface area contributed by atoms with E-state index in [4.69, 9.17) is 5.11 Å². The second kappa shape index (κ2) is 7.69. The van der Waals surface area contributed by atoms with E-state index in [0.29, 0.717) is 6.54 Å². The SMILES string of the molecule is CCCN(CCO)c1ccc(CNC)c(Br)c1. The Morgan fingerprint density at radius 1 is 1.35 bits per heavy atom. The van der Waals surface area contributed by atoms with E-state index in [-0.39, 0.29) is 6.61 Å². The Morgan fingerprint density at radius 3 is 2.65 bits per heavy atom. The number of halogens is 1. The van der Waals surface area contributed by atoms with E-state index in [1.165, 1.54) is 5.56 Å². The molecule has 0 unspecified atom stereocenters. The molecule has 0 atom stereocenters. The van der Waals surface area contributed by atoms with E-state index in [0.717, 1.165) is 29.7 Å². The lowest BCUT2D eigenvalue weighted by molar-refractivity contribution is 0.302. The van der Waals surface area contributed by atoms with E-state index < -0.39 is 0 Å². The van der Waals surface area contributed by atoms with Gasteiger partial charge in [-0.1, -0.05) is 28.9 Å². The van der Waals surface area contributed by atoms with Crippen molar-refractivity contribution in [3.63, 3.8) is 0 Å². The summed E-state index contributed by atoms with van der Waals surface area (Å²) in [5.41, 5.74) is 2.41. The van der Waals surface area contributed by atoms with Crippen LogP contribution in [-0.2, 0) is 6.54 Å². The predicted molar refractivity (Wildman–Crippen MR) is 76.5 cm³/mol. The predicted octanol–water partition coefficient (Wildman–Crippen LogP) is 2.38. The molecule has 0 aromatic heterocycles.